The third-order valence-electron chi connectivity index (χ3n) is 9.65. The molecular weight excluding hydrogens is 612 g/mol. The van der Waals surface area contributed by atoms with Gasteiger partial charge in [-0.25, -0.2) is 9.59 Å². The van der Waals surface area contributed by atoms with Crippen LogP contribution in [0.25, 0.3) is 0 Å². The number of esters is 5. The van der Waals surface area contributed by atoms with Gasteiger partial charge in [-0.05, 0) is 50.5 Å². The van der Waals surface area contributed by atoms with Crippen molar-refractivity contribution in [1.29, 1.82) is 0 Å². The molecule has 2 aliphatic carbocycles. The van der Waals surface area contributed by atoms with Gasteiger partial charge < -0.3 is 33.5 Å². The number of hydrogen-bond acceptors (Lipinski definition) is 12. The van der Waals surface area contributed by atoms with Crippen LogP contribution in [0.3, 0.4) is 0 Å². The van der Waals surface area contributed by atoms with Gasteiger partial charge in [0.15, 0.2) is 6.10 Å². The highest BCUT2D eigenvalue weighted by Gasteiger charge is 2.85. The first-order chi connectivity index (χ1) is 22.2. The number of ether oxygens (including phenoxy) is 6. The minimum Gasteiger partial charge on any atom is -0.465 e. The molecule has 1 aliphatic heterocycles. The smallest absolute Gasteiger partial charge is 0.338 e. The van der Waals surface area contributed by atoms with E-state index < -0.39 is 95.4 Å². The lowest BCUT2D eigenvalue weighted by Crippen LogP contribution is -2.81. The second-order valence-electron chi connectivity index (χ2n) is 13.0. The maximum Gasteiger partial charge on any atom is 0.338 e. The summed E-state index contributed by atoms with van der Waals surface area (Å²) < 4.78 is 37.1. The fraction of sp³-hybridized carbons (Fsp3) is 0.514. The fourth-order valence-corrected chi connectivity index (χ4v) is 8.08. The molecule has 47 heavy (non-hydrogen) atoms. The normalized spacial score (nSPS) is 33.5. The van der Waals surface area contributed by atoms with Gasteiger partial charge >= 0.3 is 29.8 Å². The van der Waals surface area contributed by atoms with Gasteiger partial charge in [-0.3, -0.25) is 14.4 Å². The molecule has 252 valence electrons. The van der Waals surface area contributed by atoms with Crippen molar-refractivity contribution in [3.05, 3.63) is 71.8 Å². The molecule has 0 radical (unpaired) electrons. The average Bonchev–Trinajstić information content (AvgIpc) is 3.20. The molecule has 1 heterocycles. The Hall–Kier alpha value is -4.29. The van der Waals surface area contributed by atoms with E-state index in [1.165, 1.54) is 26.0 Å². The SMILES string of the molecule is CC(=O)OC[C@]12[C@H](OC(=O)c3ccccc3)[C@H](OC(=O)c3ccccc3)[C@@H]3[C@@H](OC(C)=O)[C@]1(OC3(C)C)[C@H](C)C[C@H](O)[C@@H]2OC(C)=O. The molecular formula is C35H40O12. The fourth-order valence-electron chi connectivity index (χ4n) is 8.08. The van der Waals surface area contributed by atoms with E-state index in [4.69, 9.17) is 28.4 Å². The van der Waals surface area contributed by atoms with Gasteiger partial charge in [0.1, 0.15) is 35.9 Å². The molecule has 9 atom stereocenters. The summed E-state index contributed by atoms with van der Waals surface area (Å²) in [6, 6.07) is 16.2. The molecule has 3 aliphatic rings. The molecule has 1 spiro atoms. The lowest BCUT2D eigenvalue weighted by molar-refractivity contribution is -0.328. The molecule has 5 rings (SSSR count). The zero-order valence-electron chi connectivity index (χ0n) is 27.2. The van der Waals surface area contributed by atoms with E-state index >= 15 is 0 Å². The van der Waals surface area contributed by atoms with E-state index in [9.17, 15) is 29.1 Å². The van der Waals surface area contributed by atoms with Crippen LogP contribution in [0.2, 0.25) is 0 Å². The summed E-state index contributed by atoms with van der Waals surface area (Å²) in [5.41, 5.74) is -4.58. The Morgan fingerprint density at radius 2 is 1.26 bits per heavy atom. The summed E-state index contributed by atoms with van der Waals surface area (Å²) in [4.78, 5) is 65.8. The summed E-state index contributed by atoms with van der Waals surface area (Å²) in [6.07, 6.45) is -7.13. The number of carbonyl (C=O) groups excluding carboxylic acids is 5. The highest BCUT2D eigenvalue weighted by atomic mass is 16.6. The Morgan fingerprint density at radius 1 is 0.745 bits per heavy atom. The van der Waals surface area contributed by atoms with Crippen LogP contribution >= 0.6 is 0 Å². The van der Waals surface area contributed by atoms with Crippen LogP contribution in [0.4, 0.5) is 0 Å². The van der Waals surface area contributed by atoms with Crippen molar-refractivity contribution in [2.45, 2.75) is 89.7 Å². The lowest BCUT2D eigenvalue weighted by atomic mass is 9.47. The van der Waals surface area contributed by atoms with Crippen molar-refractivity contribution in [2.75, 3.05) is 6.61 Å². The lowest BCUT2D eigenvalue weighted by Gasteiger charge is -2.64. The van der Waals surface area contributed by atoms with E-state index in [1.807, 2.05) is 0 Å². The Balaban J connectivity index is 1.83. The largest absolute Gasteiger partial charge is 0.465 e. The molecule has 2 aromatic rings. The topological polar surface area (TPSA) is 161 Å². The van der Waals surface area contributed by atoms with E-state index in [0.29, 0.717) is 0 Å². The van der Waals surface area contributed by atoms with Gasteiger partial charge in [0, 0.05) is 20.8 Å². The van der Waals surface area contributed by atoms with Crippen molar-refractivity contribution in [2.24, 2.45) is 17.3 Å². The summed E-state index contributed by atoms with van der Waals surface area (Å²) in [5.74, 6) is -5.45. The quantitative estimate of drug-likeness (QED) is 0.327. The second-order valence-corrected chi connectivity index (χ2v) is 13.0. The van der Waals surface area contributed by atoms with Crippen LogP contribution in [-0.4, -0.2) is 83.3 Å². The standard InChI is InChI=1S/C35H40O12/c1-19-17-25(39)28(43-21(3)37)34(18-42-20(2)36)30(46-32(41)24-15-11-8-12-16-24)27(45-31(40)23-13-9-7-10-14-23)26-29(44-22(4)38)35(19,34)47-33(26,5)6/h7-16,19,25-30,39H,17-18H2,1-6H3/t19-,25+,26-,27-,28+,29-,30-,34+,35-/m1/s1. The summed E-state index contributed by atoms with van der Waals surface area (Å²) in [6.45, 7) is 8.11. The molecule has 2 aromatic carbocycles. The van der Waals surface area contributed by atoms with Crippen molar-refractivity contribution in [3.63, 3.8) is 0 Å². The number of benzene rings is 2. The van der Waals surface area contributed by atoms with Crippen LogP contribution in [0.5, 0.6) is 0 Å². The van der Waals surface area contributed by atoms with Gasteiger partial charge in [-0.1, -0.05) is 43.3 Å². The van der Waals surface area contributed by atoms with Crippen LogP contribution in [0, 0.1) is 17.3 Å². The number of rotatable bonds is 8. The highest BCUT2D eigenvalue weighted by molar-refractivity contribution is 5.90. The van der Waals surface area contributed by atoms with Crippen molar-refractivity contribution < 1.29 is 57.5 Å². The predicted molar refractivity (Wildman–Crippen MR) is 163 cm³/mol. The van der Waals surface area contributed by atoms with Crippen molar-refractivity contribution >= 4 is 29.8 Å². The van der Waals surface area contributed by atoms with Gasteiger partial charge in [0.05, 0.1) is 28.7 Å². The predicted octanol–water partition coefficient (Wildman–Crippen LogP) is 3.43. The molecule has 0 amide bonds. The summed E-state index contributed by atoms with van der Waals surface area (Å²) in [5, 5.41) is 11.7. The van der Waals surface area contributed by atoms with Crippen LogP contribution in [0.15, 0.2) is 60.7 Å². The number of aliphatic hydroxyl groups is 1. The number of aliphatic hydroxyl groups excluding tert-OH is 1. The molecule has 12 nitrogen and oxygen atoms in total. The van der Waals surface area contributed by atoms with Gasteiger partial charge in [-0.2, -0.15) is 0 Å². The second kappa shape index (κ2) is 12.7. The molecule has 0 aromatic heterocycles. The zero-order chi connectivity index (χ0) is 34.3. The molecule has 2 saturated carbocycles. The van der Waals surface area contributed by atoms with Gasteiger partial charge in [0.2, 0.25) is 0 Å². The van der Waals surface area contributed by atoms with E-state index in [-0.39, 0.29) is 17.5 Å². The first-order valence-electron chi connectivity index (χ1n) is 15.5. The van der Waals surface area contributed by atoms with Crippen molar-refractivity contribution in [1.82, 2.24) is 0 Å². The Morgan fingerprint density at radius 3 is 1.77 bits per heavy atom. The Bertz CT molecular complexity index is 1520. The first kappa shape index (κ1) is 34.1. The zero-order valence-corrected chi connectivity index (χ0v) is 27.2. The first-order valence-corrected chi connectivity index (χ1v) is 15.5. The Kier molecular flexibility index (Phi) is 9.22. The van der Waals surface area contributed by atoms with Gasteiger partial charge in [-0.15, -0.1) is 0 Å². The van der Waals surface area contributed by atoms with Crippen LogP contribution in [-0.2, 0) is 42.8 Å². The molecule has 1 N–H and O–H groups in total. The monoisotopic (exact) mass is 652 g/mol. The third-order valence-corrected chi connectivity index (χ3v) is 9.65. The van der Waals surface area contributed by atoms with E-state index in [1.54, 1.807) is 69.3 Å². The van der Waals surface area contributed by atoms with E-state index in [2.05, 4.69) is 0 Å². The molecule has 1 saturated heterocycles. The van der Waals surface area contributed by atoms with E-state index in [0.717, 1.165) is 6.92 Å². The van der Waals surface area contributed by atoms with Crippen LogP contribution < -0.4 is 0 Å². The molecule has 12 heteroatoms. The minimum absolute atomic E-state index is 0.00809. The third kappa shape index (κ3) is 5.78. The minimum atomic E-state index is -1.97. The van der Waals surface area contributed by atoms with Crippen LogP contribution in [0.1, 0.15) is 68.7 Å². The number of hydrogen-bond donors (Lipinski definition) is 1. The van der Waals surface area contributed by atoms with Crippen molar-refractivity contribution in [3.8, 4) is 0 Å². The molecule has 0 unspecified atom stereocenters. The summed E-state index contributed by atoms with van der Waals surface area (Å²) >= 11 is 0. The average molecular weight is 653 g/mol. The number of carbonyl (C=O) groups is 5. The van der Waals surface area contributed by atoms with Gasteiger partial charge in [0.25, 0.3) is 0 Å². The maximum atomic E-state index is 13.9. The molecule has 3 fully saturated rings. The number of fused-ring (bicyclic) bond motifs is 1. The Labute approximate surface area is 272 Å². The highest BCUT2D eigenvalue weighted by Crippen LogP contribution is 2.68. The summed E-state index contributed by atoms with van der Waals surface area (Å²) in [7, 11) is 0. The maximum absolute atomic E-state index is 13.9. The molecule has 2 bridgehead atoms.